The van der Waals surface area contributed by atoms with Crippen molar-refractivity contribution >= 4 is 5.96 Å². The van der Waals surface area contributed by atoms with Gasteiger partial charge in [0, 0.05) is 45.8 Å². The van der Waals surface area contributed by atoms with Gasteiger partial charge >= 0.3 is 0 Å². The SMILES string of the molecule is CCc1noc(CC)c1CNC(=NC)NCCCCCOC. The predicted octanol–water partition coefficient (Wildman–Crippen LogP) is 2.28. The molecule has 0 saturated heterocycles. The summed E-state index contributed by atoms with van der Waals surface area (Å²) in [6, 6.07) is 0. The second-order valence-electron chi connectivity index (χ2n) is 5.14. The predicted molar refractivity (Wildman–Crippen MR) is 89.2 cm³/mol. The lowest BCUT2D eigenvalue weighted by Crippen LogP contribution is -2.37. The molecule has 1 aromatic rings. The van der Waals surface area contributed by atoms with Crippen molar-refractivity contribution in [3.63, 3.8) is 0 Å². The Bertz CT molecular complexity index is 422. The largest absolute Gasteiger partial charge is 0.385 e. The molecule has 6 nitrogen and oxygen atoms in total. The molecular formula is C16H30N4O2. The van der Waals surface area contributed by atoms with Crippen LogP contribution >= 0.6 is 0 Å². The minimum absolute atomic E-state index is 0.694. The average Bonchev–Trinajstić information content (AvgIpc) is 2.95. The van der Waals surface area contributed by atoms with Crippen molar-refractivity contribution < 1.29 is 9.26 Å². The van der Waals surface area contributed by atoms with E-state index in [4.69, 9.17) is 9.26 Å². The number of nitrogens with one attached hydrogen (secondary N) is 2. The van der Waals surface area contributed by atoms with Crippen molar-refractivity contribution in [2.24, 2.45) is 4.99 Å². The number of unbranched alkanes of at least 4 members (excludes halogenated alkanes) is 2. The van der Waals surface area contributed by atoms with E-state index in [2.05, 4.69) is 34.6 Å². The maximum absolute atomic E-state index is 5.38. The molecule has 2 N–H and O–H groups in total. The summed E-state index contributed by atoms with van der Waals surface area (Å²) in [7, 11) is 3.53. The second-order valence-corrected chi connectivity index (χ2v) is 5.14. The van der Waals surface area contributed by atoms with E-state index in [-0.39, 0.29) is 0 Å². The van der Waals surface area contributed by atoms with Crippen LogP contribution in [0.15, 0.2) is 9.52 Å². The molecule has 0 amide bonds. The summed E-state index contributed by atoms with van der Waals surface area (Å²) in [5.41, 5.74) is 2.19. The quantitative estimate of drug-likeness (QED) is 0.394. The fourth-order valence-electron chi connectivity index (χ4n) is 2.29. The van der Waals surface area contributed by atoms with Gasteiger partial charge in [0.2, 0.25) is 0 Å². The van der Waals surface area contributed by atoms with Gasteiger partial charge < -0.3 is 19.9 Å². The van der Waals surface area contributed by atoms with Crippen LogP contribution in [0.25, 0.3) is 0 Å². The molecule has 0 aliphatic carbocycles. The van der Waals surface area contributed by atoms with Gasteiger partial charge in [-0.1, -0.05) is 19.0 Å². The number of rotatable bonds is 10. The third-order valence-electron chi connectivity index (χ3n) is 3.58. The highest BCUT2D eigenvalue weighted by Crippen LogP contribution is 2.15. The van der Waals surface area contributed by atoms with E-state index in [9.17, 15) is 0 Å². The smallest absolute Gasteiger partial charge is 0.191 e. The molecule has 0 unspecified atom stereocenters. The van der Waals surface area contributed by atoms with Crippen molar-refractivity contribution in [2.75, 3.05) is 27.3 Å². The van der Waals surface area contributed by atoms with E-state index in [1.54, 1.807) is 14.2 Å². The Morgan fingerprint density at radius 3 is 2.64 bits per heavy atom. The topological polar surface area (TPSA) is 71.7 Å². The van der Waals surface area contributed by atoms with Crippen LogP contribution in [0.1, 0.15) is 50.1 Å². The van der Waals surface area contributed by atoms with Crippen LogP contribution < -0.4 is 10.6 Å². The molecule has 1 rings (SSSR count). The number of aryl methyl sites for hydroxylation is 2. The van der Waals surface area contributed by atoms with Gasteiger partial charge in [0.25, 0.3) is 0 Å². The second kappa shape index (κ2) is 11.1. The summed E-state index contributed by atoms with van der Waals surface area (Å²) in [4.78, 5) is 4.25. The fraction of sp³-hybridized carbons (Fsp3) is 0.750. The van der Waals surface area contributed by atoms with Gasteiger partial charge in [-0.15, -0.1) is 0 Å². The molecule has 1 aromatic heterocycles. The zero-order chi connectivity index (χ0) is 16.2. The molecule has 6 heteroatoms. The summed E-state index contributed by atoms with van der Waals surface area (Å²) >= 11 is 0. The monoisotopic (exact) mass is 310 g/mol. The Labute approximate surface area is 133 Å². The van der Waals surface area contributed by atoms with Crippen molar-refractivity contribution in [3.05, 3.63) is 17.0 Å². The van der Waals surface area contributed by atoms with Crippen LogP contribution in [0.4, 0.5) is 0 Å². The molecule has 0 aliphatic heterocycles. The molecule has 0 radical (unpaired) electrons. The van der Waals surface area contributed by atoms with Gasteiger partial charge in [-0.3, -0.25) is 4.99 Å². The number of aromatic nitrogens is 1. The van der Waals surface area contributed by atoms with Crippen LogP contribution in [0.3, 0.4) is 0 Å². The zero-order valence-corrected chi connectivity index (χ0v) is 14.4. The van der Waals surface area contributed by atoms with Gasteiger partial charge in [-0.25, -0.2) is 0 Å². The highest BCUT2D eigenvalue weighted by molar-refractivity contribution is 5.79. The average molecular weight is 310 g/mol. The Balaban J connectivity index is 2.36. The standard InChI is InChI=1S/C16H30N4O2/c1-5-14-13(15(6-2)22-20-14)12-19-16(17-3)18-10-8-7-9-11-21-4/h5-12H2,1-4H3,(H2,17,18,19). The van der Waals surface area contributed by atoms with Gasteiger partial charge in [0.15, 0.2) is 5.96 Å². The van der Waals surface area contributed by atoms with Gasteiger partial charge in [0.05, 0.1) is 5.69 Å². The van der Waals surface area contributed by atoms with Crippen molar-refractivity contribution in [3.8, 4) is 0 Å². The molecule has 1 heterocycles. The van der Waals surface area contributed by atoms with E-state index in [0.29, 0.717) is 6.54 Å². The molecule has 0 aromatic carbocycles. The van der Waals surface area contributed by atoms with E-state index >= 15 is 0 Å². The number of guanidine groups is 1. The first-order valence-corrected chi connectivity index (χ1v) is 8.16. The molecular weight excluding hydrogens is 280 g/mol. The van der Waals surface area contributed by atoms with Crippen LogP contribution in [0.5, 0.6) is 0 Å². The van der Waals surface area contributed by atoms with Crippen LogP contribution in [0, 0.1) is 0 Å². The van der Waals surface area contributed by atoms with E-state index in [1.165, 1.54) is 0 Å². The fourth-order valence-corrected chi connectivity index (χ4v) is 2.29. The Morgan fingerprint density at radius 2 is 2.00 bits per heavy atom. The Morgan fingerprint density at radius 1 is 1.18 bits per heavy atom. The molecule has 0 spiro atoms. The minimum Gasteiger partial charge on any atom is -0.385 e. The highest BCUT2D eigenvalue weighted by Gasteiger charge is 2.13. The van der Waals surface area contributed by atoms with Crippen molar-refractivity contribution in [1.29, 1.82) is 0 Å². The highest BCUT2D eigenvalue weighted by atomic mass is 16.5. The van der Waals surface area contributed by atoms with Gasteiger partial charge in [-0.05, 0) is 25.7 Å². The number of hydrogen-bond acceptors (Lipinski definition) is 4. The van der Waals surface area contributed by atoms with Crippen LogP contribution in [-0.2, 0) is 24.1 Å². The maximum atomic E-state index is 5.38. The summed E-state index contributed by atoms with van der Waals surface area (Å²) < 4.78 is 10.4. The normalized spacial score (nSPS) is 11.7. The lowest BCUT2D eigenvalue weighted by molar-refractivity contribution is 0.192. The first kappa shape index (κ1) is 18.5. The third kappa shape index (κ3) is 6.05. The Hall–Kier alpha value is -1.56. The zero-order valence-electron chi connectivity index (χ0n) is 14.4. The van der Waals surface area contributed by atoms with Gasteiger partial charge in [0.1, 0.15) is 5.76 Å². The van der Waals surface area contributed by atoms with E-state index < -0.39 is 0 Å². The maximum Gasteiger partial charge on any atom is 0.191 e. The minimum atomic E-state index is 0.694. The number of nitrogens with zero attached hydrogens (tertiary/aromatic N) is 2. The van der Waals surface area contributed by atoms with Crippen molar-refractivity contribution in [1.82, 2.24) is 15.8 Å². The first-order chi connectivity index (χ1) is 10.8. The molecule has 22 heavy (non-hydrogen) atoms. The number of hydrogen-bond donors (Lipinski definition) is 2. The summed E-state index contributed by atoms with van der Waals surface area (Å²) in [5, 5.41) is 10.8. The van der Waals surface area contributed by atoms with E-state index in [1.807, 2.05) is 0 Å². The van der Waals surface area contributed by atoms with Crippen molar-refractivity contribution in [2.45, 2.75) is 52.5 Å². The Kier molecular flexibility index (Phi) is 9.30. The van der Waals surface area contributed by atoms with Gasteiger partial charge in [-0.2, -0.15) is 0 Å². The number of aliphatic imine (C=N–C) groups is 1. The number of methoxy groups -OCH3 is 1. The summed E-state index contributed by atoms with van der Waals surface area (Å²) in [6.45, 7) is 6.61. The summed E-state index contributed by atoms with van der Waals surface area (Å²) in [5.74, 6) is 1.77. The molecule has 0 aliphatic rings. The molecule has 126 valence electrons. The van der Waals surface area contributed by atoms with E-state index in [0.717, 1.165) is 68.2 Å². The van der Waals surface area contributed by atoms with Crippen LogP contribution in [-0.4, -0.2) is 38.4 Å². The lowest BCUT2D eigenvalue weighted by atomic mass is 10.1. The summed E-state index contributed by atoms with van der Waals surface area (Å²) in [6.07, 6.45) is 5.10. The molecule has 0 atom stereocenters. The lowest BCUT2D eigenvalue weighted by Gasteiger charge is -2.12. The first-order valence-electron chi connectivity index (χ1n) is 8.16. The number of ether oxygens (including phenoxy) is 1. The van der Waals surface area contributed by atoms with Crippen LogP contribution in [0.2, 0.25) is 0 Å². The third-order valence-corrected chi connectivity index (χ3v) is 3.58. The molecule has 0 saturated carbocycles. The molecule has 0 bridgehead atoms. The molecule has 0 fully saturated rings.